The van der Waals surface area contributed by atoms with Gasteiger partial charge in [0.2, 0.25) is 0 Å². The van der Waals surface area contributed by atoms with E-state index in [0.717, 1.165) is 0 Å². The molecule has 0 spiro atoms. The first-order valence-electron chi connectivity index (χ1n) is 6.51. The average molecular weight is 344 g/mol. The molecule has 2 rings (SSSR count). The zero-order valence-corrected chi connectivity index (χ0v) is 14.0. The Labute approximate surface area is 127 Å². The van der Waals surface area contributed by atoms with E-state index in [1.54, 1.807) is 6.07 Å². The number of hydrogen-bond donors (Lipinski definition) is 0. The van der Waals surface area contributed by atoms with Crippen molar-refractivity contribution in [3.05, 3.63) is 28.0 Å². The molecule has 0 N–H and O–H groups in total. The third kappa shape index (κ3) is 2.82. The fourth-order valence-corrected chi connectivity index (χ4v) is 2.90. The highest BCUT2D eigenvalue weighted by molar-refractivity contribution is 9.10. The molecule has 0 aliphatic carbocycles. The molecule has 0 unspecified atom stereocenters. The molecule has 3 nitrogen and oxygen atoms in total. The van der Waals surface area contributed by atoms with E-state index in [0.29, 0.717) is 22.3 Å². The van der Waals surface area contributed by atoms with Crippen LogP contribution in [0, 0.1) is 5.82 Å². The lowest BCUT2D eigenvalue weighted by Crippen LogP contribution is -2.38. The van der Waals surface area contributed by atoms with E-state index >= 15 is 0 Å². The summed E-state index contributed by atoms with van der Waals surface area (Å²) in [4.78, 5) is 13.8. The lowest BCUT2D eigenvalue weighted by molar-refractivity contribution is 0.0579. The second kappa shape index (κ2) is 4.72. The van der Waals surface area contributed by atoms with Gasteiger partial charge in [-0.3, -0.25) is 4.90 Å². The molecule has 1 heterocycles. The lowest BCUT2D eigenvalue weighted by Gasteiger charge is -2.25. The van der Waals surface area contributed by atoms with Gasteiger partial charge < -0.3 is 4.74 Å². The predicted octanol–water partition coefficient (Wildman–Crippen LogP) is 4.62. The van der Waals surface area contributed by atoms with Crippen molar-refractivity contribution in [3.63, 3.8) is 0 Å². The third-order valence-electron chi connectivity index (χ3n) is 3.17. The Hall–Kier alpha value is -1.10. The fourth-order valence-electron chi connectivity index (χ4n) is 2.48. The summed E-state index contributed by atoms with van der Waals surface area (Å²) in [5.74, 6) is -0.301. The summed E-state index contributed by atoms with van der Waals surface area (Å²) in [7, 11) is 0. The van der Waals surface area contributed by atoms with Crippen molar-refractivity contribution in [2.24, 2.45) is 0 Å². The first-order valence-corrected chi connectivity index (χ1v) is 7.31. The molecule has 0 radical (unpaired) electrons. The number of ether oxygens (including phenoxy) is 1. The largest absolute Gasteiger partial charge is 0.443 e. The Bertz CT molecular complexity index is 564. The molecule has 1 aliphatic heterocycles. The van der Waals surface area contributed by atoms with Gasteiger partial charge in [0.1, 0.15) is 11.4 Å². The number of carbonyl (C=O) groups excluding carboxylic acids is 1. The van der Waals surface area contributed by atoms with Crippen molar-refractivity contribution in [2.45, 2.75) is 45.6 Å². The van der Waals surface area contributed by atoms with E-state index in [9.17, 15) is 9.18 Å². The van der Waals surface area contributed by atoms with Crippen LogP contribution in [0.4, 0.5) is 14.9 Å². The summed E-state index contributed by atoms with van der Waals surface area (Å²) in [6.45, 7) is 9.70. The van der Waals surface area contributed by atoms with E-state index in [-0.39, 0.29) is 5.82 Å². The molecular formula is C15H19BrFNO2. The van der Waals surface area contributed by atoms with Gasteiger partial charge in [0.05, 0.1) is 5.69 Å². The average Bonchev–Trinajstić information content (AvgIpc) is 2.47. The predicted molar refractivity (Wildman–Crippen MR) is 80.7 cm³/mol. The first kappa shape index (κ1) is 15.3. The SMILES string of the molecule is CC(C)(C)OC(=O)N1CC(C)(C)c2c(F)cc(Br)cc21. The van der Waals surface area contributed by atoms with E-state index in [2.05, 4.69) is 15.9 Å². The molecule has 1 aromatic rings. The number of anilines is 1. The van der Waals surface area contributed by atoms with Gasteiger partial charge >= 0.3 is 6.09 Å². The van der Waals surface area contributed by atoms with Crippen LogP contribution in [0.25, 0.3) is 0 Å². The second-order valence-corrected chi connectivity index (χ2v) is 7.65. The van der Waals surface area contributed by atoms with Crippen LogP contribution in [0.15, 0.2) is 16.6 Å². The van der Waals surface area contributed by atoms with E-state index in [1.165, 1.54) is 11.0 Å². The Kier molecular flexibility index (Phi) is 3.61. The van der Waals surface area contributed by atoms with Gasteiger partial charge in [-0.1, -0.05) is 29.8 Å². The van der Waals surface area contributed by atoms with Crippen LogP contribution in [0.3, 0.4) is 0 Å². The van der Waals surface area contributed by atoms with Crippen LogP contribution in [0.5, 0.6) is 0 Å². The quantitative estimate of drug-likeness (QED) is 0.687. The van der Waals surface area contributed by atoms with E-state index in [4.69, 9.17) is 4.74 Å². The highest BCUT2D eigenvalue weighted by atomic mass is 79.9. The minimum Gasteiger partial charge on any atom is -0.443 e. The maximum atomic E-state index is 14.2. The summed E-state index contributed by atoms with van der Waals surface area (Å²) in [5.41, 5.74) is 0.133. The monoisotopic (exact) mass is 343 g/mol. The molecule has 0 aromatic heterocycles. The van der Waals surface area contributed by atoms with Crippen molar-refractivity contribution >= 4 is 27.7 Å². The standard InChI is InChI=1S/C15H19BrFNO2/c1-14(2,3)20-13(19)18-8-15(4,5)12-10(17)6-9(16)7-11(12)18/h6-7H,8H2,1-5H3. The van der Waals surface area contributed by atoms with Gasteiger partial charge in [-0.15, -0.1) is 0 Å². The molecule has 110 valence electrons. The molecule has 1 aromatic carbocycles. The first-order chi connectivity index (χ1) is 9.01. The molecular weight excluding hydrogens is 325 g/mol. The summed E-state index contributed by atoms with van der Waals surface area (Å²) in [6.07, 6.45) is -0.443. The van der Waals surface area contributed by atoms with Gasteiger partial charge in [-0.25, -0.2) is 9.18 Å². The summed E-state index contributed by atoms with van der Waals surface area (Å²) < 4.78 is 20.2. The highest BCUT2D eigenvalue weighted by Crippen LogP contribution is 2.44. The number of benzene rings is 1. The molecule has 0 fully saturated rings. The van der Waals surface area contributed by atoms with Crippen LogP contribution in [0.2, 0.25) is 0 Å². The Morgan fingerprint density at radius 3 is 2.55 bits per heavy atom. The minimum absolute atomic E-state index is 0.301. The van der Waals surface area contributed by atoms with Crippen LogP contribution >= 0.6 is 15.9 Å². The number of rotatable bonds is 0. The smallest absolute Gasteiger partial charge is 0.414 e. The molecule has 0 atom stereocenters. The molecule has 0 bridgehead atoms. The zero-order chi connectivity index (χ0) is 15.3. The number of amides is 1. The van der Waals surface area contributed by atoms with Crippen molar-refractivity contribution in [2.75, 3.05) is 11.4 Å². The summed E-state index contributed by atoms with van der Waals surface area (Å²) in [6, 6.07) is 3.19. The van der Waals surface area contributed by atoms with Crippen LogP contribution in [-0.2, 0) is 10.2 Å². The topological polar surface area (TPSA) is 29.5 Å². The molecule has 1 amide bonds. The van der Waals surface area contributed by atoms with Gasteiger partial charge in [-0.2, -0.15) is 0 Å². The van der Waals surface area contributed by atoms with Gasteiger partial charge in [0, 0.05) is 22.0 Å². The van der Waals surface area contributed by atoms with Gasteiger partial charge in [0.15, 0.2) is 0 Å². The Morgan fingerprint density at radius 2 is 2.00 bits per heavy atom. The molecule has 0 saturated carbocycles. The highest BCUT2D eigenvalue weighted by Gasteiger charge is 2.42. The minimum atomic E-state index is -0.575. The van der Waals surface area contributed by atoms with Gasteiger partial charge in [0.25, 0.3) is 0 Å². The second-order valence-electron chi connectivity index (χ2n) is 6.73. The molecule has 0 saturated heterocycles. The van der Waals surface area contributed by atoms with Crippen LogP contribution in [-0.4, -0.2) is 18.2 Å². The maximum Gasteiger partial charge on any atom is 0.414 e. The summed E-state index contributed by atoms with van der Waals surface area (Å²) >= 11 is 3.27. The fraction of sp³-hybridized carbons (Fsp3) is 0.533. The number of halogens is 2. The van der Waals surface area contributed by atoms with E-state index in [1.807, 2.05) is 34.6 Å². The van der Waals surface area contributed by atoms with Crippen molar-refractivity contribution < 1.29 is 13.9 Å². The van der Waals surface area contributed by atoms with Crippen molar-refractivity contribution in [1.29, 1.82) is 0 Å². The maximum absolute atomic E-state index is 14.2. The summed E-state index contributed by atoms with van der Waals surface area (Å²) in [5, 5.41) is 0. The van der Waals surface area contributed by atoms with Crippen molar-refractivity contribution in [3.8, 4) is 0 Å². The number of hydrogen-bond acceptors (Lipinski definition) is 2. The van der Waals surface area contributed by atoms with Gasteiger partial charge in [-0.05, 0) is 32.9 Å². The van der Waals surface area contributed by atoms with Crippen molar-refractivity contribution in [1.82, 2.24) is 0 Å². The normalized spacial score (nSPS) is 17.1. The van der Waals surface area contributed by atoms with Crippen LogP contribution in [0.1, 0.15) is 40.2 Å². The van der Waals surface area contributed by atoms with Crippen LogP contribution < -0.4 is 4.90 Å². The number of fused-ring (bicyclic) bond motifs is 1. The Balaban J connectivity index is 2.45. The number of nitrogens with zero attached hydrogens (tertiary/aromatic N) is 1. The lowest BCUT2D eigenvalue weighted by atomic mass is 9.86. The molecule has 20 heavy (non-hydrogen) atoms. The molecule has 5 heteroatoms. The number of carbonyl (C=O) groups is 1. The Morgan fingerprint density at radius 1 is 1.40 bits per heavy atom. The van der Waals surface area contributed by atoms with E-state index < -0.39 is 17.1 Å². The molecule has 1 aliphatic rings. The third-order valence-corrected chi connectivity index (χ3v) is 3.63. The zero-order valence-electron chi connectivity index (χ0n) is 12.4.